The summed E-state index contributed by atoms with van der Waals surface area (Å²) in [6, 6.07) is 0. The van der Waals surface area contributed by atoms with Crippen molar-refractivity contribution in [2.24, 2.45) is 5.73 Å². The molecular weight excluding hydrogens is 204 g/mol. The second-order valence-corrected chi connectivity index (χ2v) is 4.51. The van der Waals surface area contributed by atoms with Crippen LogP contribution in [0.5, 0.6) is 0 Å². The fourth-order valence-electron chi connectivity index (χ4n) is 2.02. The molecule has 1 aliphatic rings. The Morgan fingerprint density at radius 3 is 2.50 bits per heavy atom. The fraction of sp³-hybridized carbons (Fsp3) is 0.917. The molecule has 16 heavy (non-hydrogen) atoms. The minimum absolute atomic E-state index is 0.103. The van der Waals surface area contributed by atoms with Crippen molar-refractivity contribution in [2.45, 2.75) is 45.1 Å². The minimum atomic E-state index is -0.679. The van der Waals surface area contributed by atoms with E-state index in [1.165, 1.54) is 0 Å². The SMILES string of the molecule is CCCCN(CC)C(=O)C1(N)CCOCC1. The van der Waals surface area contributed by atoms with Crippen LogP contribution in [0.2, 0.25) is 0 Å². The molecule has 1 fully saturated rings. The Morgan fingerprint density at radius 1 is 1.38 bits per heavy atom. The van der Waals surface area contributed by atoms with Crippen molar-refractivity contribution in [3.8, 4) is 0 Å². The summed E-state index contributed by atoms with van der Waals surface area (Å²) in [6.45, 7) is 6.92. The lowest BCUT2D eigenvalue weighted by Gasteiger charge is -2.36. The van der Waals surface area contributed by atoms with Gasteiger partial charge in [0.2, 0.25) is 5.91 Å². The quantitative estimate of drug-likeness (QED) is 0.768. The Kier molecular flexibility index (Phi) is 5.22. The maximum atomic E-state index is 12.3. The van der Waals surface area contributed by atoms with E-state index in [4.69, 9.17) is 10.5 Å². The summed E-state index contributed by atoms with van der Waals surface area (Å²) in [4.78, 5) is 14.2. The van der Waals surface area contributed by atoms with Gasteiger partial charge in [0.1, 0.15) is 0 Å². The van der Waals surface area contributed by atoms with Crippen LogP contribution < -0.4 is 5.73 Å². The lowest BCUT2D eigenvalue weighted by Crippen LogP contribution is -2.58. The molecule has 1 aliphatic heterocycles. The van der Waals surface area contributed by atoms with Gasteiger partial charge < -0.3 is 15.4 Å². The van der Waals surface area contributed by atoms with Gasteiger partial charge in [0.05, 0.1) is 5.54 Å². The van der Waals surface area contributed by atoms with Gasteiger partial charge in [-0.3, -0.25) is 4.79 Å². The molecule has 0 bridgehead atoms. The van der Waals surface area contributed by atoms with Crippen LogP contribution in [-0.4, -0.2) is 42.6 Å². The first-order chi connectivity index (χ1) is 7.64. The molecule has 0 unspecified atom stereocenters. The van der Waals surface area contributed by atoms with Crippen LogP contribution in [0.25, 0.3) is 0 Å². The summed E-state index contributed by atoms with van der Waals surface area (Å²) in [6.07, 6.45) is 3.44. The average molecular weight is 228 g/mol. The summed E-state index contributed by atoms with van der Waals surface area (Å²) in [5, 5.41) is 0. The number of hydrogen-bond donors (Lipinski definition) is 1. The largest absolute Gasteiger partial charge is 0.381 e. The molecule has 4 nitrogen and oxygen atoms in total. The topological polar surface area (TPSA) is 55.6 Å². The number of ether oxygens (including phenoxy) is 1. The Morgan fingerprint density at radius 2 is 2.00 bits per heavy atom. The second kappa shape index (κ2) is 6.21. The van der Waals surface area contributed by atoms with Gasteiger partial charge in [-0.15, -0.1) is 0 Å². The van der Waals surface area contributed by atoms with Gasteiger partial charge in [0.15, 0.2) is 0 Å². The highest BCUT2D eigenvalue weighted by Gasteiger charge is 2.38. The summed E-state index contributed by atoms with van der Waals surface area (Å²) in [5.41, 5.74) is 5.50. The van der Waals surface area contributed by atoms with Crippen molar-refractivity contribution >= 4 is 5.91 Å². The van der Waals surface area contributed by atoms with Gasteiger partial charge >= 0.3 is 0 Å². The van der Waals surface area contributed by atoms with Crippen LogP contribution in [0.1, 0.15) is 39.5 Å². The monoisotopic (exact) mass is 228 g/mol. The zero-order valence-electron chi connectivity index (χ0n) is 10.5. The first-order valence-corrected chi connectivity index (χ1v) is 6.30. The maximum absolute atomic E-state index is 12.3. The standard InChI is InChI=1S/C12H24N2O2/c1-3-5-8-14(4-2)11(15)12(13)6-9-16-10-7-12/h3-10,13H2,1-2H3. The first kappa shape index (κ1) is 13.5. The van der Waals surface area contributed by atoms with Crippen LogP contribution in [0.15, 0.2) is 0 Å². The van der Waals surface area contributed by atoms with Crippen molar-refractivity contribution in [3.05, 3.63) is 0 Å². The Labute approximate surface area is 98.1 Å². The molecular formula is C12H24N2O2. The van der Waals surface area contributed by atoms with Crippen LogP contribution in [0, 0.1) is 0 Å². The van der Waals surface area contributed by atoms with E-state index in [0.29, 0.717) is 26.1 Å². The Bertz CT molecular complexity index is 225. The van der Waals surface area contributed by atoms with E-state index in [0.717, 1.165) is 25.9 Å². The van der Waals surface area contributed by atoms with E-state index in [9.17, 15) is 4.79 Å². The third-order valence-electron chi connectivity index (χ3n) is 3.26. The van der Waals surface area contributed by atoms with Crippen molar-refractivity contribution in [1.29, 1.82) is 0 Å². The number of nitrogens with two attached hydrogens (primary N) is 1. The zero-order chi connectivity index (χ0) is 12.0. The molecule has 0 radical (unpaired) electrons. The lowest BCUT2D eigenvalue weighted by molar-refractivity contribution is -0.140. The fourth-order valence-corrected chi connectivity index (χ4v) is 2.02. The molecule has 1 amide bonds. The van der Waals surface area contributed by atoms with Gasteiger partial charge in [-0.1, -0.05) is 13.3 Å². The molecule has 0 aromatic carbocycles. The summed E-state index contributed by atoms with van der Waals surface area (Å²) in [7, 11) is 0. The van der Waals surface area contributed by atoms with E-state index < -0.39 is 5.54 Å². The minimum Gasteiger partial charge on any atom is -0.381 e. The van der Waals surface area contributed by atoms with E-state index in [1.54, 1.807) is 0 Å². The molecule has 1 heterocycles. The third kappa shape index (κ3) is 3.19. The van der Waals surface area contributed by atoms with Crippen LogP contribution in [0.4, 0.5) is 0 Å². The highest BCUT2D eigenvalue weighted by atomic mass is 16.5. The number of amides is 1. The smallest absolute Gasteiger partial charge is 0.242 e. The van der Waals surface area contributed by atoms with Crippen LogP contribution >= 0.6 is 0 Å². The van der Waals surface area contributed by atoms with Crippen molar-refractivity contribution in [2.75, 3.05) is 26.3 Å². The number of carbonyl (C=O) groups excluding carboxylic acids is 1. The number of rotatable bonds is 5. The van der Waals surface area contributed by atoms with Gasteiger partial charge in [0.25, 0.3) is 0 Å². The first-order valence-electron chi connectivity index (χ1n) is 6.30. The highest BCUT2D eigenvalue weighted by Crippen LogP contribution is 2.20. The molecule has 0 spiro atoms. The molecule has 1 saturated heterocycles. The molecule has 1 rings (SSSR count). The van der Waals surface area contributed by atoms with Gasteiger partial charge in [-0.05, 0) is 26.2 Å². The molecule has 2 N–H and O–H groups in total. The van der Waals surface area contributed by atoms with E-state index >= 15 is 0 Å². The molecule has 0 aromatic heterocycles. The number of carbonyl (C=O) groups is 1. The lowest BCUT2D eigenvalue weighted by atomic mass is 9.89. The second-order valence-electron chi connectivity index (χ2n) is 4.51. The van der Waals surface area contributed by atoms with E-state index in [2.05, 4.69) is 6.92 Å². The predicted molar refractivity (Wildman–Crippen MR) is 64.1 cm³/mol. The zero-order valence-corrected chi connectivity index (χ0v) is 10.5. The number of likely N-dealkylation sites (N-methyl/N-ethyl adjacent to an activating group) is 1. The summed E-state index contributed by atoms with van der Waals surface area (Å²) >= 11 is 0. The normalized spacial score (nSPS) is 19.4. The predicted octanol–water partition coefficient (Wildman–Crippen LogP) is 1.14. The van der Waals surface area contributed by atoms with E-state index in [-0.39, 0.29) is 5.91 Å². The number of nitrogens with zero attached hydrogens (tertiary/aromatic N) is 1. The summed E-state index contributed by atoms with van der Waals surface area (Å²) in [5.74, 6) is 0.103. The Hall–Kier alpha value is -0.610. The molecule has 94 valence electrons. The number of hydrogen-bond acceptors (Lipinski definition) is 3. The molecule has 0 aliphatic carbocycles. The highest BCUT2D eigenvalue weighted by molar-refractivity contribution is 5.86. The third-order valence-corrected chi connectivity index (χ3v) is 3.26. The van der Waals surface area contributed by atoms with Crippen LogP contribution in [0.3, 0.4) is 0 Å². The maximum Gasteiger partial charge on any atom is 0.242 e. The average Bonchev–Trinajstić information content (AvgIpc) is 2.31. The Balaban J connectivity index is 2.58. The van der Waals surface area contributed by atoms with Gasteiger partial charge in [0, 0.05) is 26.3 Å². The van der Waals surface area contributed by atoms with Crippen molar-refractivity contribution in [3.63, 3.8) is 0 Å². The van der Waals surface area contributed by atoms with E-state index in [1.807, 2.05) is 11.8 Å². The van der Waals surface area contributed by atoms with Gasteiger partial charge in [-0.25, -0.2) is 0 Å². The van der Waals surface area contributed by atoms with Crippen molar-refractivity contribution in [1.82, 2.24) is 4.90 Å². The van der Waals surface area contributed by atoms with Crippen molar-refractivity contribution < 1.29 is 9.53 Å². The number of unbranched alkanes of at least 4 members (excludes halogenated alkanes) is 1. The summed E-state index contributed by atoms with van der Waals surface area (Å²) < 4.78 is 5.26. The van der Waals surface area contributed by atoms with Gasteiger partial charge in [-0.2, -0.15) is 0 Å². The molecule has 0 aromatic rings. The molecule has 0 atom stereocenters. The molecule has 4 heteroatoms. The molecule has 0 saturated carbocycles. The van der Waals surface area contributed by atoms with Crippen LogP contribution in [-0.2, 0) is 9.53 Å².